The Kier molecular flexibility index (Phi) is 6.80. The fourth-order valence-corrected chi connectivity index (χ4v) is 3.34. The third kappa shape index (κ3) is 6.23. The molecule has 1 fully saturated rings. The first-order chi connectivity index (χ1) is 11.6. The molecule has 1 unspecified atom stereocenters. The fraction of sp³-hybridized carbons (Fsp3) is 0.800. The third-order valence-corrected chi connectivity index (χ3v) is 5.48. The molecule has 1 aromatic heterocycles. The largest absolute Gasteiger partial charge is 0.391 e. The Morgan fingerprint density at radius 2 is 2.00 bits per heavy atom. The van der Waals surface area contributed by atoms with Gasteiger partial charge >= 0.3 is 0 Å². The zero-order valence-corrected chi connectivity index (χ0v) is 16.6. The van der Waals surface area contributed by atoms with Crippen LogP contribution in [0, 0.1) is 18.3 Å². The quantitative estimate of drug-likeness (QED) is 0.822. The molecule has 0 saturated carbocycles. The van der Waals surface area contributed by atoms with Gasteiger partial charge in [0.15, 0.2) is 0 Å². The zero-order chi connectivity index (χ0) is 18.6. The minimum atomic E-state index is -0.299. The Morgan fingerprint density at radius 1 is 1.36 bits per heavy atom. The van der Waals surface area contributed by atoms with Gasteiger partial charge in [0.25, 0.3) is 0 Å². The van der Waals surface area contributed by atoms with E-state index in [9.17, 15) is 9.90 Å². The maximum absolute atomic E-state index is 12.3. The molecule has 1 N–H and O–H groups in total. The number of aliphatic hydroxyl groups excluding tert-OH is 1. The second kappa shape index (κ2) is 8.45. The van der Waals surface area contributed by atoms with Crippen LogP contribution in [0.4, 0.5) is 0 Å². The van der Waals surface area contributed by atoms with Crippen molar-refractivity contribution in [2.45, 2.75) is 65.9 Å². The number of β-amino-alcohol motifs (C(OH)–C–C–N with tert-alkyl or cyclic N) is 1. The number of rotatable bonds is 7. The van der Waals surface area contributed by atoms with Crippen molar-refractivity contribution in [2.24, 2.45) is 18.4 Å². The van der Waals surface area contributed by atoms with Gasteiger partial charge in [0.1, 0.15) is 5.78 Å². The molecule has 142 valence electrons. The van der Waals surface area contributed by atoms with E-state index in [-0.39, 0.29) is 11.5 Å². The lowest BCUT2D eigenvalue weighted by molar-refractivity contribution is -0.120. The highest BCUT2D eigenvalue weighted by Crippen LogP contribution is 2.25. The highest BCUT2D eigenvalue weighted by Gasteiger charge is 2.27. The number of piperidine rings is 1. The molecule has 1 aromatic rings. The molecule has 25 heavy (non-hydrogen) atoms. The predicted molar refractivity (Wildman–Crippen MR) is 101 cm³/mol. The number of ketones is 1. The maximum atomic E-state index is 12.3. The van der Waals surface area contributed by atoms with Gasteiger partial charge in [0, 0.05) is 32.1 Å². The van der Waals surface area contributed by atoms with Gasteiger partial charge in [-0.05, 0) is 56.7 Å². The van der Waals surface area contributed by atoms with Crippen LogP contribution in [-0.2, 0) is 18.3 Å². The van der Waals surface area contributed by atoms with E-state index < -0.39 is 0 Å². The number of aliphatic hydroxyl groups is 1. The SMILES string of the molecule is Cc1cc(CCC(=O)CC2CCN(CC(O)C(C)(C)C)CC2)nn1C. The van der Waals surface area contributed by atoms with Crippen molar-refractivity contribution >= 4 is 5.78 Å². The summed E-state index contributed by atoms with van der Waals surface area (Å²) in [5.41, 5.74) is 2.07. The lowest BCUT2D eigenvalue weighted by atomic mass is 9.87. The second-order valence-electron chi connectivity index (χ2n) is 8.77. The zero-order valence-electron chi connectivity index (χ0n) is 16.6. The summed E-state index contributed by atoms with van der Waals surface area (Å²) in [6, 6.07) is 2.06. The first-order valence-corrected chi connectivity index (χ1v) is 9.57. The topological polar surface area (TPSA) is 58.4 Å². The van der Waals surface area contributed by atoms with Crippen LogP contribution in [0.25, 0.3) is 0 Å². The van der Waals surface area contributed by atoms with Gasteiger partial charge in [-0.1, -0.05) is 20.8 Å². The van der Waals surface area contributed by atoms with Crippen LogP contribution in [0.1, 0.15) is 57.8 Å². The lowest BCUT2D eigenvalue weighted by Crippen LogP contribution is -2.43. The maximum Gasteiger partial charge on any atom is 0.133 e. The van der Waals surface area contributed by atoms with Gasteiger partial charge in [0.05, 0.1) is 11.8 Å². The monoisotopic (exact) mass is 349 g/mol. The first-order valence-electron chi connectivity index (χ1n) is 9.57. The standard InChI is InChI=1S/C20H35N3O2/c1-15-12-17(21-22(15)5)6-7-18(24)13-16-8-10-23(11-9-16)14-19(25)20(2,3)4/h12,16,19,25H,6-11,13-14H2,1-5H3. The van der Waals surface area contributed by atoms with Crippen LogP contribution in [-0.4, -0.2) is 51.3 Å². The van der Waals surface area contributed by atoms with Crippen molar-refractivity contribution in [3.8, 4) is 0 Å². The van der Waals surface area contributed by atoms with Crippen LogP contribution in [0.3, 0.4) is 0 Å². The summed E-state index contributed by atoms with van der Waals surface area (Å²) in [5, 5.41) is 14.7. The van der Waals surface area contributed by atoms with Crippen molar-refractivity contribution in [1.82, 2.24) is 14.7 Å². The van der Waals surface area contributed by atoms with Gasteiger partial charge in [-0.3, -0.25) is 9.48 Å². The molecular weight excluding hydrogens is 314 g/mol. The molecule has 1 saturated heterocycles. The van der Waals surface area contributed by atoms with Gasteiger partial charge in [-0.2, -0.15) is 5.10 Å². The molecule has 2 rings (SSSR count). The molecule has 0 aliphatic carbocycles. The predicted octanol–water partition coefficient (Wildman–Crippen LogP) is 2.74. The molecule has 0 amide bonds. The number of carbonyl (C=O) groups is 1. The highest BCUT2D eigenvalue weighted by atomic mass is 16.3. The molecule has 1 aliphatic rings. The van der Waals surface area contributed by atoms with E-state index in [0.717, 1.165) is 50.3 Å². The number of aryl methyl sites for hydroxylation is 3. The molecule has 1 atom stereocenters. The number of Topliss-reactive ketones (excluding diaryl/α,β-unsaturated/α-hetero) is 1. The summed E-state index contributed by atoms with van der Waals surface area (Å²) in [6.07, 6.45) is 3.86. The van der Waals surface area contributed by atoms with E-state index in [1.54, 1.807) is 0 Å². The molecule has 0 aromatic carbocycles. The Morgan fingerprint density at radius 3 is 2.52 bits per heavy atom. The molecular formula is C20H35N3O2. The normalized spacial score (nSPS) is 18.5. The average molecular weight is 350 g/mol. The first kappa shape index (κ1) is 20.1. The van der Waals surface area contributed by atoms with E-state index >= 15 is 0 Å². The number of hydrogen-bond acceptors (Lipinski definition) is 4. The van der Waals surface area contributed by atoms with Crippen LogP contribution in [0.15, 0.2) is 6.07 Å². The van der Waals surface area contributed by atoms with E-state index in [1.165, 1.54) is 0 Å². The van der Waals surface area contributed by atoms with Gasteiger partial charge in [-0.15, -0.1) is 0 Å². The lowest BCUT2D eigenvalue weighted by Gasteiger charge is -2.36. The Balaban J connectivity index is 1.68. The highest BCUT2D eigenvalue weighted by molar-refractivity contribution is 5.78. The van der Waals surface area contributed by atoms with Crippen molar-refractivity contribution < 1.29 is 9.90 Å². The summed E-state index contributed by atoms with van der Waals surface area (Å²) in [7, 11) is 1.94. The van der Waals surface area contributed by atoms with Gasteiger partial charge in [-0.25, -0.2) is 0 Å². The molecule has 5 nitrogen and oxygen atoms in total. The minimum absolute atomic E-state index is 0.0728. The minimum Gasteiger partial charge on any atom is -0.391 e. The molecule has 1 aliphatic heterocycles. The Labute approximate surface area is 152 Å². The number of likely N-dealkylation sites (tertiary alicyclic amines) is 1. The average Bonchev–Trinajstić information content (AvgIpc) is 2.85. The van der Waals surface area contributed by atoms with Crippen LogP contribution < -0.4 is 0 Å². The summed E-state index contributed by atoms with van der Waals surface area (Å²) < 4.78 is 1.86. The van der Waals surface area contributed by atoms with Crippen molar-refractivity contribution in [3.05, 3.63) is 17.5 Å². The molecule has 0 spiro atoms. The number of carbonyl (C=O) groups excluding carboxylic acids is 1. The molecule has 5 heteroatoms. The number of aromatic nitrogens is 2. The van der Waals surface area contributed by atoms with Crippen molar-refractivity contribution in [2.75, 3.05) is 19.6 Å². The summed E-state index contributed by atoms with van der Waals surface area (Å²) in [5.74, 6) is 0.859. The number of nitrogens with zero attached hydrogens (tertiary/aromatic N) is 3. The number of hydrogen-bond donors (Lipinski definition) is 1. The molecule has 2 heterocycles. The van der Waals surface area contributed by atoms with Crippen LogP contribution in [0.5, 0.6) is 0 Å². The van der Waals surface area contributed by atoms with Crippen LogP contribution in [0.2, 0.25) is 0 Å². The van der Waals surface area contributed by atoms with E-state index in [0.29, 0.717) is 24.5 Å². The van der Waals surface area contributed by atoms with Crippen LogP contribution >= 0.6 is 0 Å². The third-order valence-electron chi connectivity index (χ3n) is 5.48. The van der Waals surface area contributed by atoms with Crippen molar-refractivity contribution in [1.29, 1.82) is 0 Å². The fourth-order valence-electron chi connectivity index (χ4n) is 3.34. The van der Waals surface area contributed by atoms with E-state index in [2.05, 4.69) is 36.8 Å². The smallest absolute Gasteiger partial charge is 0.133 e. The van der Waals surface area contributed by atoms with Crippen molar-refractivity contribution in [3.63, 3.8) is 0 Å². The van der Waals surface area contributed by atoms with Gasteiger partial charge < -0.3 is 10.0 Å². The molecule has 0 radical (unpaired) electrons. The van der Waals surface area contributed by atoms with E-state index in [4.69, 9.17) is 0 Å². The Bertz CT molecular complexity index is 546. The van der Waals surface area contributed by atoms with Gasteiger partial charge in [0.2, 0.25) is 0 Å². The second-order valence-corrected chi connectivity index (χ2v) is 8.77. The summed E-state index contributed by atoms with van der Waals surface area (Å²) >= 11 is 0. The summed E-state index contributed by atoms with van der Waals surface area (Å²) in [6.45, 7) is 11.0. The molecule has 0 bridgehead atoms. The summed E-state index contributed by atoms with van der Waals surface area (Å²) in [4.78, 5) is 14.6. The van der Waals surface area contributed by atoms with E-state index in [1.807, 2.05) is 18.7 Å². The Hall–Kier alpha value is -1.20.